The average Bonchev–Trinajstić information content (AvgIpc) is 2.70. The van der Waals surface area contributed by atoms with Crippen LogP contribution >= 0.6 is 15.9 Å². The molecule has 1 saturated carbocycles. The van der Waals surface area contributed by atoms with Gasteiger partial charge in [-0.25, -0.2) is 23.1 Å². The molecule has 2 N–H and O–H groups in total. The Labute approximate surface area is 156 Å². The Balaban J connectivity index is 1.88. The Hall–Kier alpha value is -1.19. The van der Waals surface area contributed by atoms with Crippen molar-refractivity contribution >= 4 is 42.8 Å². The van der Waals surface area contributed by atoms with Crippen molar-refractivity contribution < 1.29 is 8.42 Å². The highest BCUT2D eigenvalue weighted by molar-refractivity contribution is 9.10. The lowest BCUT2D eigenvalue weighted by Crippen LogP contribution is -2.58. The second-order valence-electron chi connectivity index (χ2n) is 7.75. The smallest absolute Gasteiger partial charge is 0.219 e. The van der Waals surface area contributed by atoms with E-state index in [9.17, 15) is 8.42 Å². The molecule has 3 rings (SSSR count). The zero-order chi connectivity index (χ0) is 18.5. The molecule has 0 aliphatic heterocycles. The minimum Gasteiger partial charge on any atom is -0.368 e. The fraction of sp³-hybridized carbons (Fsp3) is 0.625. The maximum atomic E-state index is 12.9. The monoisotopic (exact) mass is 429 g/mol. The van der Waals surface area contributed by atoms with E-state index >= 15 is 0 Å². The van der Waals surface area contributed by atoms with Gasteiger partial charge in [0.05, 0.1) is 5.39 Å². The van der Waals surface area contributed by atoms with Crippen LogP contribution < -0.4 is 10.0 Å². The van der Waals surface area contributed by atoms with Gasteiger partial charge in [0.15, 0.2) is 0 Å². The van der Waals surface area contributed by atoms with E-state index in [2.05, 4.69) is 35.9 Å². The van der Waals surface area contributed by atoms with Crippen molar-refractivity contribution in [3.8, 4) is 0 Å². The predicted octanol–water partition coefficient (Wildman–Crippen LogP) is 2.78. The highest BCUT2D eigenvalue weighted by atomic mass is 79.9. The van der Waals surface area contributed by atoms with E-state index in [1.54, 1.807) is 0 Å². The molecule has 0 unspecified atom stereocenters. The topological polar surface area (TPSA) is 88.9 Å². The second kappa shape index (κ2) is 6.21. The van der Waals surface area contributed by atoms with Crippen LogP contribution in [0.4, 0.5) is 5.82 Å². The van der Waals surface area contributed by atoms with Crippen molar-refractivity contribution in [2.45, 2.75) is 50.3 Å². The highest BCUT2D eigenvalue weighted by Crippen LogP contribution is 2.40. The molecule has 7 nitrogen and oxygen atoms in total. The zero-order valence-corrected chi connectivity index (χ0v) is 17.3. The summed E-state index contributed by atoms with van der Waals surface area (Å²) < 4.78 is 30.6. The van der Waals surface area contributed by atoms with E-state index in [1.165, 1.54) is 6.33 Å². The van der Waals surface area contributed by atoms with E-state index in [-0.39, 0.29) is 0 Å². The molecule has 9 heteroatoms. The fourth-order valence-electron chi connectivity index (χ4n) is 3.16. The van der Waals surface area contributed by atoms with Crippen LogP contribution in [0, 0.1) is 0 Å². The number of hydrogen-bond donors (Lipinski definition) is 2. The van der Waals surface area contributed by atoms with Gasteiger partial charge in [-0.15, -0.1) is 0 Å². The van der Waals surface area contributed by atoms with Gasteiger partial charge in [0, 0.05) is 29.8 Å². The molecule has 0 bridgehead atoms. The van der Waals surface area contributed by atoms with Crippen molar-refractivity contribution in [2.24, 2.45) is 7.05 Å². The van der Waals surface area contributed by atoms with Crippen LogP contribution in [0.2, 0.25) is 0 Å². The molecule has 2 aromatic heterocycles. The van der Waals surface area contributed by atoms with E-state index in [1.807, 2.05) is 38.6 Å². The Bertz CT molecular complexity index is 897. The summed E-state index contributed by atoms with van der Waals surface area (Å²) in [7, 11) is -1.53. The SMILES string of the molecule is Cn1cc(Br)c2c(NCC3(S(=O)(=O)NC(C)(C)C)CCC3)ncnc21. The summed E-state index contributed by atoms with van der Waals surface area (Å²) in [5.41, 5.74) is 0.300. The lowest BCUT2D eigenvalue weighted by atomic mass is 9.84. The van der Waals surface area contributed by atoms with Crippen molar-refractivity contribution in [3.63, 3.8) is 0 Å². The molecule has 0 radical (unpaired) electrons. The number of hydrogen-bond acceptors (Lipinski definition) is 5. The first-order valence-electron chi connectivity index (χ1n) is 8.28. The normalized spacial score (nSPS) is 17.5. The molecule has 2 aromatic rings. The Morgan fingerprint density at radius 2 is 2.00 bits per heavy atom. The number of halogens is 1. The van der Waals surface area contributed by atoms with Crippen LogP contribution in [0.1, 0.15) is 40.0 Å². The number of anilines is 1. The van der Waals surface area contributed by atoms with E-state index < -0.39 is 20.3 Å². The van der Waals surface area contributed by atoms with Gasteiger partial charge in [0.1, 0.15) is 22.5 Å². The average molecular weight is 430 g/mol. The van der Waals surface area contributed by atoms with Gasteiger partial charge in [0.25, 0.3) is 0 Å². The second-order valence-corrected chi connectivity index (χ2v) is 10.7. The molecule has 25 heavy (non-hydrogen) atoms. The first-order chi connectivity index (χ1) is 11.5. The Kier molecular flexibility index (Phi) is 4.62. The number of fused-ring (bicyclic) bond motifs is 1. The molecule has 138 valence electrons. The molecule has 1 aliphatic carbocycles. The van der Waals surface area contributed by atoms with Crippen molar-refractivity contribution in [3.05, 3.63) is 17.0 Å². The van der Waals surface area contributed by atoms with Gasteiger partial charge in [-0.05, 0) is 49.5 Å². The van der Waals surface area contributed by atoms with Crippen LogP contribution in [0.5, 0.6) is 0 Å². The van der Waals surface area contributed by atoms with Crippen molar-refractivity contribution in [1.29, 1.82) is 0 Å². The summed E-state index contributed by atoms with van der Waals surface area (Å²) in [6.07, 6.45) is 5.63. The summed E-state index contributed by atoms with van der Waals surface area (Å²) in [6.45, 7) is 5.91. The van der Waals surface area contributed by atoms with E-state index in [0.29, 0.717) is 25.2 Å². The minimum atomic E-state index is -3.44. The fourth-order valence-corrected chi connectivity index (χ4v) is 5.94. The highest BCUT2D eigenvalue weighted by Gasteiger charge is 2.49. The van der Waals surface area contributed by atoms with Crippen LogP contribution in [-0.4, -0.2) is 39.8 Å². The molecule has 0 spiro atoms. The maximum Gasteiger partial charge on any atom is 0.219 e. The molecule has 0 aromatic carbocycles. The number of nitrogens with one attached hydrogen (secondary N) is 2. The number of sulfonamides is 1. The zero-order valence-electron chi connectivity index (χ0n) is 14.9. The van der Waals surface area contributed by atoms with Crippen LogP contribution in [0.3, 0.4) is 0 Å². The number of aryl methyl sites for hydroxylation is 1. The first kappa shape index (κ1) is 18.6. The van der Waals surface area contributed by atoms with Gasteiger partial charge in [-0.2, -0.15) is 0 Å². The molecule has 0 atom stereocenters. The summed E-state index contributed by atoms with van der Waals surface area (Å²) in [5.74, 6) is 0.648. The molecule has 0 saturated heterocycles. The molecule has 2 heterocycles. The molecular weight excluding hydrogens is 406 g/mol. The molecular formula is C16H24BrN5O2S. The van der Waals surface area contributed by atoms with Gasteiger partial charge in [-0.1, -0.05) is 6.42 Å². The van der Waals surface area contributed by atoms with Gasteiger partial charge in [0.2, 0.25) is 10.0 Å². The standard InChI is InChI=1S/C16H24BrN5O2S/c1-15(2,3)21-25(23,24)16(6-5-7-16)9-18-13-12-11(17)8-22(4)14(12)20-10-19-13/h8,10,21H,5-7,9H2,1-4H3,(H,18,19,20). The summed E-state index contributed by atoms with van der Waals surface area (Å²) in [5, 5.41) is 4.12. The third-order valence-electron chi connectivity index (χ3n) is 4.56. The van der Waals surface area contributed by atoms with E-state index in [4.69, 9.17) is 0 Å². The summed E-state index contributed by atoms with van der Waals surface area (Å²) in [4.78, 5) is 8.61. The largest absolute Gasteiger partial charge is 0.368 e. The lowest BCUT2D eigenvalue weighted by Gasteiger charge is -2.42. The molecule has 1 aliphatic rings. The van der Waals surface area contributed by atoms with E-state index in [0.717, 1.165) is 21.9 Å². The lowest BCUT2D eigenvalue weighted by molar-refractivity contribution is 0.339. The maximum absolute atomic E-state index is 12.9. The third kappa shape index (κ3) is 3.41. The molecule has 1 fully saturated rings. The summed E-state index contributed by atoms with van der Waals surface area (Å²) in [6, 6.07) is 0. The predicted molar refractivity (Wildman–Crippen MR) is 103 cm³/mol. The van der Waals surface area contributed by atoms with Crippen LogP contribution in [-0.2, 0) is 17.1 Å². The van der Waals surface area contributed by atoms with Gasteiger partial charge >= 0.3 is 0 Å². The van der Waals surface area contributed by atoms with Crippen molar-refractivity contribution in [1.82, 2.24) is 19.3 Å². The van der Waals surface area contributed by atoms with Gasteiger partial charge in [-0.3, -0.25) is 0 Å². The Morgan fingerprint density at radius 3 is 2.56 bits per heavy atom. The number of aromatic nitrogens is 3. The quantitative estimate of drug-likeness (QED) is 0.762. The minimum absolute atomic E-state index is 0.325. The van der Waals surface area contributed by atoms with Crippen molar-refractivity contribution in [2.75, 3.05) is 11.9 Å². The third-order valence-corrected chi connectivity index (χ3v) is 7.74. The van der Waals surface area contributed by atoms with Crippen LogP contribution in [0.25, 0.3) is 11.0 Å². The number of rotatable bonds is 5. The van der Waals surface area contributed by atoms with Gasteiger partial charge < -0.3 is 9.88 Å². The first-order valence-corrected chi connectivity index (χ1v) is 10.6. The number of nitrogens with zero attached hydrogens (tertiary/aromatic N) is 3. The summed E-state index contributed by atoms with van der Waals surface area (Å²) >= 11 is 3.53. The Morgan fingerprint density at radius 1 is 1.32 bits per heavy atom. The molecule has 0 amide bonds. The van der Waals surface area contributed by atoms with Crippen LogP contribution in [0.15, 0.2) is 17.0 Å².